The topological polar surface area (TPSA) is 97.0 Å². The van der Waals surface area contributed by atoms with Gasteiger partial charge in [-0.05, 0) is 12.5 Å². The van der Waals surface area contributed by atoms with E-state index in [-0.39, 0.29) is 23.6 Å². The molecule has 118 valence electrons. The van der Waals surface area contributed by atoms with Crippen molar-refractivity contribution in [2.45, 2.75) is 45.9 Å². The molecular weight excluding hydrogens is 284 g/mol. The number of ether oxygens (including phenoxy) is 1. The van der Waals surface area contributed by atoms with Gasteiger partial charge in [-0.15, -0.1) is 0 Å². The van der Waals surface area contributed by atoms with Crippen molar-refractivity contribution in [2.75, 3.05) is 5.32 Å². The summed E-state index contributed by atoms with van der Waals surface area (Å²) in [5.74, 6) is -0.104. The predicted octanol–water partition coefficient (Wildman–Crippen LogP) is 1.68. The molecule has 1 fully saturated rings. The average Bonchev–Trinajstić information content (AvgIpc) is 2.72. The van der Waals surface area contributed by atoms with Crippen LogP contribution in [0.2, 0.25) is 0 Å². The van der Waals surface area contributed by atoms with Crippen LogP contribution in [0.3, 0.4) is 0 Å². The summed E-state index contributed by atoms with van der Waals surface area (Å²) in [6.45, 7) is 7.16. The fraction of sp³-hybridized carbons (Fsp3) is 0.600. The van der Waals surface area contributed by atoms with Gasteiger partial charge in [-0.25, -0.2) is 4.79 Å². The summed E-state index contributed by atoms with van der Waals surface area (Å²) < 4.78 is 7.31. The second-order valence-electron chi connectivity index (χ2n) is 5.69. The predicted molar refractivity (Wildman–Crippen MR) is 79.9 cm³/mol. The zero-order valence-electron chi connectivity index (χ0n) is 13.2. The van der Waals surface area contributed by atoms with Crippen molar-refractivity contribution in [3.8, 4) is 6.07 Å². The minimum Gasteiger partial charge on any atom is -0.336 e. The van der Waals surface area contributed by atoms with Crippen molar-refractivity contribution < 1.29 is 9.53 Å². The van der Waals surface area contributed by atoms with E-state index in [0.717, 1.165) is 0 Å². The highest BCUT2D eigenvalue weighted by atomic mass is 16.5. The average molecular weight is 304 g/mol. The Bertz CT molecular complexity index is 678. The summed E-state index contributed by atoms with van der Waals surface area (Å²) >= 11 is 0. The van der Waals surface area contributed by atoms with Gasteiger partial charge in [0.2, 0.25) is 5.91 Å². The molecule has 22 heavy (non-hydrogen) atoms. The van der Waals surface area contributed by atoms with Crippen molar-refractivity contribution in [3.05, 3.63) is 22.7 Å². The largest absolute Gasteiger partial charge is 0.351 e. The van der Waals surface area contributed by atoms with Crippen LogP contribution in [0.1, 0.15) is 40.3 Å². The van der Waals surface area contributed by atoms with E-state index in [4.69, 9.17) is 4.74 Å². The zero-order chi connectivity index (χ0) is 16.5. The monoisotopic (exact) mass is 304 g/mol. The van der Waals surface area contributed by atoms with Crippen LogP contribution in [0, 0.1) is 23.2 Å². The first-order chi connectivity index (χ1) is 10.3. The van der Waals surface area contributed by atoms with Crippen molar-refractivity contribution in [3.63, 3.8) is 0 Å². The van der Waals surface area contributed by atoms with E-state index in [1.807, 2.05) is 20.8 Å². The number of aromatic nitrogens is 2. The van der Waals surface area contributed by atoms with E-state index >= 15 is 0 Å². The van der Waals surface area contributed by atoms with Crippen molar-refractivity contribution in [2.24, 2.45) is 11.8 Å². The number of rotatable bonds is 3. The normalized spacial score (nSPS) is 30.8. The molecule has 1 aromatic heterocycles. The number of nitrogens with one attached hydrogen (secondary N) is 1. The number of carbonyl (C=O) groups excluding carboxylic acids is 1. The molecule has 1 N–H and O–H groups in total. The molecule has 1 aliphatic heterocycles. The van der Waals surface area contributed by atoms with Gasteiger partial charge in [0.25, 0.3) is 0 Å². The number of hydrogen-bond donors (Lipinski definition) is 1. The van der Waals surface area contributed by atoms with Gasteiger partial charge in [0, 0.05) is 25.0 Å². The van der Waals surface area contributed by atoms with Crippen LogP contribution in [-0.4, -0.2) is 21.1 Å². The Morgan fingerprint density at radius 2 is 2.27 bits per heavy atom. The molecule has 4 atom stereocenters. The van der Waals surface area contributed by atoms with Gasteiger partial charge in [0.1, 0.15) is 12.0 Å². The van der Waals surface area contributed by atoms with Crippen LogP contribution in [0.25, 0.3) is 0 Å². The zero-order valence-corrected chi connectivity index (χ0v) is 13.2. The molecule has 1 aliphatic rings. The lowest BCUT2D eigenvalue weighted by Gasteiger charge is -2.23. The summed E-state index contributed by atoms with van der Waals surface area (Å²) in [6.07, 6.45) is 1.55. The van der Waals surface area contributed by atoms with E-state index in [9.17, 15) is 14.9 Å². The molecule has 2 heterocycles. The minimum absolute atomic E-state index is 0.00517. The van der Waals surface area contributed by atoms with E-state index < -0.39 is 17.5 Å². The first-order valence-corrected chi connectivity index (χ1v) is 7.30. The van der Waals surface area contributed by atoms with Gasteiger partial charge in [0.05, 0.1) is 6.07 Å². The second-order valence-corrected chi connectivity index (χ2v) is 5.69. The summed E-state index contributed by atoms with van der Waals surface area (Å²) in [6, 6.07) is 3.79. The molecule has 7 nitrogen and oxygen atoms in total. The molecular formula is C15H20N4O3. The van der Waals surface area contributed by atoms with E-state index in [2.05, 4.69) is 16.4 Å². The fourth-order valence-corrected chi connectivity index (χ4v) is 2.88. The summed E-state index contributed by atoms with van der Waals surface area (Å²) in [7, 11) is 0. The first kappa shape index (κ1) is 16.2. The second kappa shape index (κ2) is 5.89. The van der Waals surface area contributed by atoms with Crippen LogP contribution in [0.15, 0.2) is 17.1 Å². The lowest BCUT2D eigenvalue weighted by molar-refractivity contribution is -0.114. The van der Waals surface area contributed by atoms with Gasteiger partial charge in [0.15, 0.2) is 5.60 Å². The summed E-state index contributed by atoms with van der Waals surface area (Å²) in [5.41, 5.74) is -1.40. The Balaban J connectivity index is 2.35. The molecule has 2 rings (SSSR count). The molecule has 7 heteroatoms. The van der Waals surface area contributed by atoms with Crippen molar-refractivity contribution in [1.82, 2.24) is 9.55 Å². The number of amides is 1. The number of hydrogen-bond acceptors (Lipinski definition) is 5. The molecule has 1 amide bonds. The maximum atomic E-state index is 12.2. The van der Waals surface area contributed by atoms with Crippen molar-refractivity contribution in [1.29, 1.82) is 5.26 Å². The van der Waals surface area contributed by atoms with E-state index in [0.29, 0.717) is 6.42 Å². The Morgan fingerprint density at radius 3 is 2.73 bits per heavy atom. The van der Waals surface area contributed by atoms with Gasteiger partial charge >= 0.3 is 5.69 Å². The Hall–Kier alpha value is -2.20. The highest BCUT2D eigenvalue weighted by Gasteiger charge is 2.51. The molecule has 4 unspecified atom stereocenters. The Morgan fingerprint density at radius 1 is 1.59 bits per heavy atom. The number of carbonyl (C=O) groups is 1. The van der Waals surface area contributed by atoms with Gasteiger partial charge in [-0.1, -0.05) is 20.8 Å². The maximum absolute atomic E-state index is 12.2. The standard InChI is InChI=1S/C15H20N4O3/c1-5-15(8-16)10(3)9(2)13(22-15)19-7-6-12(17-11(4)20)18-14(19)21/h6-7,9-10,13H,5H2,1-4H3,(H,17,18,20,21). The Kier molecular flexibility index (Phi) is 4.33. The van der Waals surface area contributed by atoms with Gasteiger partial charge in [-0.3, -0.25) is 9.36 Å². The molecule has 1 saturated heterocycles. The third kappa shape index (κ3) is 2.62. The third-order valence-corrected chi connectivity index (χ3v) is 4.43. The molecule has 0 spiro atoms. The Labute approximate surface area is 128 Å². The molecule has 0 radical (unpaired) electrons. The molecule has 0 saturated carbocycles. The van der Waals surface area contributed by atoms with Crippen LogP contribution in [0.5, 0.6) is 0 Å². The summed E-state index contributed by atoms with van der Waals surface area (Å²) in [5, 5.41) is 11.9. The lowest BCUT2D eigenvalue weighted by atomic mass is 9.82. The fourth-order valence-electron chi connectivity index (χ4n) is 2.88. The molecule has 0 aliphatic carbocycles. The number of nitriles is 1. The first-order valence-electron chi connectivity index (χ1n) is 7.30. The molecule has 1 aromatic rings. The quantitative estimate of drug-likeness (QED) is 0.916. The van der Waals surface area contributed by atoms with E-state index in [1.165, 1.54) is 17.7 Å². The number of nitrogens with zero attached hydrogens (tertiary/aromatic N) is 3. The van der Waals surface area contributed by atoms with Crippen LogP contribution >= 0.6 is 0 Å². The highest BCUT2D eigenvalue weighted by Crippen LogP contribution is 2.46. The van der Waals surface area contributed by atoms with Gasteiger partial charge in [-0.2, -0.15) is 10.2 Å². The SMILES string of the molecule is CCC1(C#N)OC(n2ccc(NC(C)=O)nc2=O)C(C)C1C. The minimum atomic E-state index is -0.889. The van der Waals surface area contributed by atoms with Gasteiger partial charge < -0.3 is 10.1 Å². The van der Waals surface area contributed by atoms with E-state index in [1.54, 1.807) is 6.07 Å². The smallest absolute Gasteiger partial charge is 0.336 e. The van der Waals surface area contributed by atoms with Crippen LogP contribution in [0.4, 0.5) is 5.82 Å². The molecule has 0 aromatic carbocycles. The maximum Gasteiger partial charge on any atom is 0.351 e. The molecule has 0 bridgehead atoms. The van der Waals surface area contributed by atoms with Crippen molar-refractivity contribution >= 4 is 11.7 Å². The lowest BCUT2D eigenvalue weighted by Crippen LogP contribution is -2.33. The highest BCUT2D eigenvalue weighted by molar-refractivity contribution is 5.87. The third-order valence-electron chi connectivity index (χ3n) is 4.43. The number of anilines is 1. The van der Waals surface area contributed by atoms with Crippen LogP contribution < -0.4 is 11.0 Å². The van der Waals surface area contributed by atoms with Crippen LogP contribution in [-0.2, 0) is 9.53 Å². The summed E-state index contributed by atoms with van der Waals surface area (Å²) in [4.78, 5) is 27.0.